The van der Waals surface area contributed by atoms with Gasteiger partial charge in [0.05, 0.1) is 12.2 Å². The van der Waals surface area contributed by atoms with Gasteiger partial charge in [-0.25, -0.2) is 0 Å². The number of rotatable bonds is 6. The van der Waals surface area contributed by atoms with E-state index in [4.69, 9.17) is 5.10 Å². The minimum absolute atomic E-state index is 0.256. The SMILES string of the molecule is O=C(NCCn1nc(-c2ccccn2)c2c1CCCC2)c1ccc(OC(F)(F)F)cc1. The molecule has 31 heavy (non-hydrogen) atoms. The van der Waals surface area contributed by atoms with E-state index in [0.717, 1.165) is 49.2 Å². The maximum Gasteiger partial charge on any atom is 0.573 e. The molecule has 0 saturated heterocycles. The number of fused-ring (bicyclic) bond motifs is 1. The summed E-state index contributed by atoms with van der Waals surface area (Å²) in [7, 11) is 0. The fraction of sp³-hybridized carbons (Fsp3) is 0.318. The van der Waals surface area contributed by atoms with Crippen LogP contribution in [0.1, 0.15) is 34.5 Å². The summed E-state index contributed by atoms with van der Waals surface area (Å²) in [4.78, 5) is 16.8. The zero-order valence-corrected chi connectivity index (χ0v) is 16.7. The summed E-state index contributed by atoms with van der Waals surface area (Å²) in [6.45, 7) is 0.839. The van der Waals surface area contributed by atoms with E-state index in [1.165, 1.54) is 23.4 Å². The van der Waals surface area contributed by atoms with Crippen LogP contribution in [0.25, 0.3) is 11.4 Å². The number of nitrogens with one attached hydrogen (secondary N) is 1. The van der Waals surface area contributed by atoms with Gasteiger partial charge in [0.1, 0.15) is 11.4 Å². The topological polar surface area (TPSA) is 69.0 Å². The normalized spacial score (nSPS) is 13.5. The first kappa shape index (κ1) is 20.9. The number of aromatic nitrogens is 3. The number of hydrogen-bond acceptors (Lipinski definition) is 4. The number of carbonyl (C=O) groups excluding carboxylic acids is 1. The molecular weight excluding hydrogens is 409 g/mol. The highest BCUT2D eigenvalue weighted by Crippen LogP contribution is 2.30. The van der Waals surface area contributed by atoms with Crippen molar-refractivity contribution in [2.24, 2.45) is 0 Å². The van der Waals surface area contributed by atoms with E-state index >= 15 is 0 Å². The number of alkyl halides is 3. The fourth-order valence-electron chi connectivity index (χ4n) is 3.75. The van der Waals surface area contributed by atoms with E-state index in [-0.39, 0.29) is 17.2 Å². The van der Waals surface area contributed by atoms with Gasteiger partial charge in [0.15, 0.2) is 0 Å². The van der Waals surface area contributed by atoms with Crippen LogP contribution in [0.5, 0.6) is 5.75 Å². The van der Waals surface area contributed by atoms with E-state index in [1.807, 2.05) is 22.9 Å². The Morgan fingerprint density at radius 2 is 1.87 bits per heavy atom. The third kappa shape index (κ3) is 5.04. The van der Waals surface area contributed by atoms with Crippen molar-refractivity contribution in [1.29, 1.82) is 0 Å². The van der Waals surface area contributed by atoms with Crippen LogP contribution in [-0.4, -0.2) is 33.6 Å². The van der Waals surface area contributed by atoms with Gasteiger partial charge in [-0.2, -0.15) is 5.10 Å². The number of hydrogen-bond donors (Lipinski definition) is 1. The molecule has 9 heteroatoms. The minimum atomic E-state index is -4.76. The molecule has 4 rings (SSSR count). The number of halogens is 3. The molecule has 2 heterocycles. The average molecular weight is 430 g/mol. The van der Waals surface area contributed by atoms with Gasteiger partial charge >= 0.3 is 6.36 Å². The first-order valence-corrected chi connectivity index (χ1v) is 10.0. The Morgan fingerprint density at radius 1 is 1.10 bits per heavy atom. The van der Waals surface area contributed by atoms with Gasteiger partial charge in [0.25, 0.3) is 5.91 Å². The summed E-state index contributed by atoms with van der Waals surface area (Å²) >= 11 is 0. The number of pyridine rings is 1. The van der Waals surface area contributed by atoms with Gasteiger partial charge in [-0.05, 0) is 62.1 Å². The highest BCUT2D eigenvalue weighted by Gasteiger charge is 2.31. The lowest BCUT2D eigenvalue weighted by molar-refractivity contribution is -0.274. The highest BCUT2D eigenvalue weighted by atomic mass is 19.4. The van der Waals surface area contributed by atoms with Gasteiger partial charge < -0.3 is 10.1 Å². The second kappa shape index (κ2) is 8.79. The Labute approximate surface area is 177 Å². The number of ether oxygens (including phenoxy) is 1. The van der Waals surface area contributed by atoms with E-state index < -0.39 is 6.36 Å². The lowest BCUT2D eigenvalue weighted by Gasteiger charge is -2.14. The predicted octanol–water partition coefficient (Wildman–Crippen LogP) is 4.15. The largest absolute Gasteiger partial charge is 0.573 e. The zero-order valence-electron chi connectivity index (χ0n) is 16.7. The third-order valence-corrected chi connectivity index (χ3v) is 5.12. The summed E-state index contributed by atoms with van der Waals surface area (Å²) in [6, 6.07) is 10.6. The van der Waals surface area contributed by atoms with Crippen molar-refractivity contribution in [3.63, 3.8) is 0 Å². The lowest BCUT2D eigenvalue weighted by Crippen LogP contribution is -2.28. The van der Waals surface area contributed by atoms with Crippen LogP contribution in [0.2, 0.25) is 0 Å². The molecule has 1 N–H and O–H groups in total. The average Bonchev–Trinajstić information content (AvgIpc) is 3.12. The first-order chi connectivity index (χ1) is 14.9. The second-order valence-corrected chi connectivity index (χ2v) is 7.25. The summed E-state index contributed by atoms with van der Waals surface area (Å²) in [5, 5.41) is 7.55. The lowest BCUT2D eigenvalue weighted by atomic mass is 9.95. The van der Waals surface area contributed by atoms with Gasteiger partial charge in [0.2, 0.25) is 0 Å². The molecule has 3 aromatic rings. The standard InChI is InChI=1S/C22H21F3N4O2/c23-22(24,25)31-16-10-8-15(9-11-16)21(30)27-13-14-29-19-7-2-1-5-17(19)20(28-29)18-6-3-4-12-26-18/h3-4,6,8-12H,1-2,5,7,13-14H2,(H,27,30). The van der Waals surface area contributed by atoms with E-state index in [9.17, 15) is 18.0 Å². The van der Waals surface area contributed by atoms with Crippen molar-refractivity contribution in [3.05, 3.63) is 65.5 Å². The van der Waals surface area contributed by atoms with Crippen molar-refractivity contribution >= 4 is 5.91 Å². The molecule has 0 bridgehead atoms. The molecule has 0 fully saturated rings. The maximum atomic E-state index is 12.3. The Balaban J connectivity index is 1.41. The van der Waals surface area contributed by atoms with Crippen molar-refractivity contribution in [2.45, 2.75) is 38.6 Å². The van der Waals surface area contributed by atoms with Crippen LogP contribution < -0.4 is 10.1 Å². The van der Waals surface area contributed by atoms with Gasteiger partial charge in [0, 0.05) is 29.6 Å². The van der Waals surface area contributed by atoms with Gasteiger partial charge in [-0.15, -0.1) is 13.2 Å². The van der Waals surface area contributed by atoms with Crippen LogP contribution in [0.3, 0.4) is 0 Å². The summed E-state index contributed by atoms with van der Waals surface area (Å²) in [5.41, 5.74) is 4.38. The smallest absolute Gasteiger partial charge is 0.406 e. The number of nitrogens with zero attached hydrogens (tertiary/aromatic N) is 3. The molecule has 0 atom stereocenters. The zero-order chi connectivity index (χ0) is 21.8. The monoisotopic (exact) mass is 430 g/mol. The van der Waals surface area contributed by atoms with Crippen LogP contribution in [0.15, 0.2) is 48.7 Å². The van der Waals surface area contributed by atoms with Crippen LogP contribution >= 0.6 is 0 Å². The predicted molar refractivity (Wildman–Crippen MR) is 108 cm³/mol. The highest BCUT2D eigenvalue weighted by molar-refractivity contribution is 5.94. The van der Waals surface area contributed by atoms with E-state index in [2.05, 4.69) is 15.0 Å². The molecule has 1 aliphatic carbocycles. The summed E-state index contributed by atoms with van der Waals surface area (Å²) in [5.74, 6) is -0.737. The molecule has 0 radical (unpaired) electrons. The molecule has 1 amide bonds. The molecule has 0 aliphatic heterocycles. The van der Waals surface area contributed by atoms with Crippen molar-refractivity contribution in [3.8, 4) is 17.1 Å². The van der Waals surface area contributed by atoms with Crippen molar-refractivity contribution < 1.29 is 22.7 Å². The Hall–Kier alpha value is -3.36. The Kier molecular flexibility index (Phi) is 5.92. The second-order valence-electron chi connectivity index (χ2n) is 7.25. The maximum absolute atomic E-state index is 12.3. The number of benzene rings is 1. The summed E-state index contributed by atoms with van der Waals surface area (Å²) in [6.07, 6.45) is 1.09. The van der Waals surface area contributed by atoms with Crippen LogP contribution in [-0.2, 0) is 19.4 Å². The Morgan fingerprint density at radius 3 is 2.58 bits per heavy atom. The quantitative estimate of drug-likeness (QED) is 0.638. The van der Waals surface area contributed by atoms with E-state index in [0.29, 0.717) is 13.1 Å². The number of carbonyl (C=O) groups is 1. The molecule has 1 aromatic carbocycles. The molecule has 1 aliphatic rings. The fourth-order valence-corrected chi connectivity index (χ4v) is 3.75. The van der Waals surface area contributed by atoms with Crippen LogP contribution in [0, 0.1) is 0 Å². The van der Waals surface area contributed by atoms with Gasteiger partial charge in [-0.1, -0.05) is 6.07 Å². The van der Waals surface area contributed by atoms with Gasteiger partial charge in [-0.3, -0.25) is 14.5 Å². The molecule has 2 aromatic heterocycles. The van der Waals surface area contributed by atoms with Crippen molar-refractivity contribution in [2.75, 3.05) is 6.54 Å². The summed E-state index contributed by atoms with van der Waals surface area (Å²) < 4.78 is 42.5. The van der Waals surface area contributed by atoms with E-state index in [1.54, 1.807) is 6.20 Å². The molecule has 0 spiro atoms. The molecule has 0 unspecified atom stereocenters. The van der Waals surface area contributed by atoms with Crippen molar-refractivity contribution in [1.82, 2.24) is 20.1 Å². The molecule has 162 valence electrons. The molecule has 0 saturated carbocycles. The minimum Gasteiger partial charge on any atom is -0.406 e. The molecule has 6 nitrogen and oxygen atoms in total. The number of amides is 1. The third-order valence-electron chi connectivity index (χ3n) is 5.12. The Bertz CT molecular complexity index is 1050. The van der Waals surface area contributed by atoms with Crippen LogP contribution in [0.4, 0.5) is 13.2 Å². The molecular formula is C22H21F3N4O2. The first-order valence-electron chi connectivity index (χ1n) is 10.0.